The molecule has 2 rings (SSSR count). The highest BCUT2D eigenvalue weighted by Crippen LogP contribution is 2.51. The molecule has 2 aromatic rings. The van der Waals surface area contributed by atoms with Gasteiger partial charge in [0.2, 0.25) is 5.75 Å². The van der Waals surface area contributed by atoms with E-state index in [1.165, 1.54) is 0 Å². The summed E-state index contributed by atoms with van der Waals surface area (Å²) in [6.45, 7) is -0.116. The van der Waals surface area contributed by atoms with Crippen LogP contribution in [-0.4, -0.2) is 13.2 Å². The van der Waals surface area contributed by atoms with E-state index in [9.17, 15) is 0 Å². The summed E-state index contributed by atoms with van der Waals surface area (Å²) < 4.78 is 15.6. The number of ether oxygens (including phenoxy) is 2. The Labute approximate surface area is 204 Å². The first kappa shape index (κ1) is 24.0. The van der Waals surface area contributed by atoms with Crippen molar-refractivity contribution in [1.29, 1.82) is 0 Å². The molecule has 0 unspecified atom stereocenters. The molecule has 0 N–H and O–H groups in total. The van der Waals surface area contributed by atoms with E-state index in [-0.39, 0.29) is 75.7 Å². The van der Waals surface area contributed by atoms with Gasteiger partial charge in [0.25, 0.3) is 0 Å². The fourth-order valence-electron chi connectivity index (χ4n) is 1.79. The van der Waals surface area contributed by atoms with Crippen LogP contribution in [-0.2, 0) is 0 Å². The first-order valence-corrected chi connectivity index (χ1v) is 10.3. The zero-order chi connectivity index (χ0) is 20.5. The van der Waals surface area contributed by atoms with E-state index >= 15 is 0 Å². The van der Waals surface area contributed by atoms with Crippen LogP contribution in [0.25, 0.3) is 0 Å². The number of hydrogen-bond acceptors (Lipinski definition) is 3. The van der Waals surface area contributed by atoms with Crippen molar-refractivity contribution in [3.8, 4) is 17.2 Å². The fraction of sp³-hybridized carbons (Fsp3) is 0.143. The van der Waals surface area contributed by atoms with Gasteiger partial charge in [0.05, 0.1) is 25.1 Å². The van der Waals surface area contributed by atoms with Gasteiger partial charge in [-0.1, -0.05) is 104 Å². The van der Waals surface area contributed by atoms with E-state index in [4.69, 9.17) is 126 Å². The van der Waals surface area contributed by atoms with Crippen LogP contribution >= 0.6 is 116 Å². The average Bonchev–Trinajstić information content (AvgIpc) is 2.66. The maximum absolute atomic E-state index is 6.09. The molecule has 0 aliphatic carbocycles. The highest BCUT2D eigenvalue weighted by molar-refractivity contribution is 6.56. The third-order valence-electron chi connectivity index (χ3n) is 3.01. The Morgan fingerprint density at radius 3 is 1.11 bits per heavy atom. The summed E-state index contributed by atoms with van der Waals surface area (Å²) in [7, 11) is 0. The second kappa shape index (κ2) is 10.2. The minimum atomic E-state index is -0.105. The molecule has 27 heavy (non-hydrogen) atoms. The molecule has 13 heteroatoms. The lowest BCUT2D eigenvalue weighted by Crippen LogP contribution is -2.10. The van der Waals surface area contributed by atoms with Gasteiger partial charge >= 0.3 is 0 Å². The van der Waals surface area contributed by atoms with Crippen LogP contribution in [0.2, 0.25) is 45.2 Å². The summed E-state index contributed by atoms with van der Waals surface area (Å²) in [5.74, 6) is -0.0983. The van der Waals surface area contributed by atoms with Crippen molar-refractivity contribution in [2.24, 2.45) is 0 Å². The van der Waals surface area contributed by atoms with Crippen LogP contribution in [0.5, 0.6) is 17.2 Å². The van der Waals surface area contributed by atoms with E-state index in [2.05, 4.69) is 4.29 Å². The van der Waals surface area contributed by atoms with Crippen molar-refractivity contribution < 1.29 is 13.8 Å². The maximum Gasteiger partial charge on any atom is 0.209 e. The maximum atomic E-state index is 6.09. The molecule has 0 spiro atoms. The molecule has 0 saturated heterocycles. The summed E-state index contributed by atoms with van der Waals surface area (Å²) in [5, 5.41) is -0.173. The molecule has 0 heterocycles. The zero-order valence-electron chi connectivity index (χ0n) is 12.4. The summed E-state index contributed by atoms with van der Waals surface area (Å²) in [4.78, 5) is 0. The molecule has 0 fully saturated rings. The van der Waals surface area contributed by atoms with Gasteiger partial charge in [-0.3, -0.25) is 0 Å². The van der Waals surface area contributed by atoms with Crippen LogP contribution in [0.15, 0.2) is 0 Å². The number of halogens is 10. The van der Waals surface area contributed by atoms with Gasteiger partial charge in [0.15, 0.2) is 11.5 Å². The molecule has 148 valence electrons. The molecule has 0 amide bonds. The highest BCUT2D eigenvalue weighted by atomic mass is 35.5. The van der Waals surface area contributed by atoms with Crippen molar-refractivity contribution in [3.63, 3.8) is 0 Å². The lowest BCUT2D eigenvalue weighted by Gasteiger charge is -2.16. The van der Waals surface area contributed by atoms with E-state index < -0.39 is 0 Å². The molecule has 0 radical (unpaired) electrons. The Morgan fingerprint density at radius 1 is 0.407 bits per heavy atom. The van der Waals surface area contributed by atoms with Crippen LogP contribution in [0, 0.1) is 0 Å². The molecule has 3 nitrogen and oxygen atoms in total. The molecule has 0 atom stereocenters. The average molecular weight is 575 g/mol. The number of hydrogen-bond donors (Lipinski definition) is 0. The Hall–Kier alpha value is 0.740. The molecule has 0 aliphatic rings. The van der Waals surface area contributed by atoms with Gasteiger partial charge in [-0.05, 0) is 0 Å². The van der Waals surface area contributed by atoms with Crippen molar-refractivity contribution in [2.75, 3.05) is 13.2 Å². The molecule has 0 aliphatic heterocycles. The smallest absolute Gasteiger partial charge is 0.209 e. The van der Waals surface area contributed by atoms with Crippen molar-refractivity contribution in [1.82, 2.24) is 0 Å². The topological polar surface area (TPSA) is 27.7 Å². The molecule has 2 aromatic carbocycles. The predicted octanol–water partition coefficient (Wildman–Crippen LogP) is 9.56. The summed E-state index contributed by atoms with van der Waals surface area (Å²) >= 11 is 59.4. The SMILES string of the molecule is ClOc1c(Cl)c(Cl)c(Cl)c(Cl)c1OCCOc1c(Cl)c(Cl)c(Cl)c(Cl)c1Cl. The lowest BCUT2D eigenvalue weighted by molar-refractivity contribution is 0.214. The molecule has 0 saturated carbocycles. The largest absolute Gasteiger partial charge is 0.487 e. The van der Waals surface area contributed by atoms with Gasteiger partial charge in [-0.15, -0.1) is 0 Å². The number of rotatable bonds is 6. The summed E-state index contributed by atoms with van der Waals surface area (Å²) in [6, 6.07) is 0. The van der Waals surface area contributed by atoms with Crippen LogP contribution < -0.4 is 13.8 Å². The van der Waals surface area contributed by atoms with E-state index in [1.54, 1.807) is 0 Å². The number of benzene rings is 2. The van der Waals surface area contributed by atoms with Gasteiger partial charge in [0, 0.05) is 0 Å². The van der Waals surface area contributed by atoms with Crippen molar-refractivity contribution >= 4 is 116 Å². The normalized spacial score (nSPS) is 10.9. The van der Waals surface area contributed by atoms with E-state index in [0.29, 0.717) is 0 Å². The third kappa shape index (κ3) is 4.91. The summed E-state index contributed by atoms with van der Waals surface area (Å²) in [5.41, 5.74) is 0. The molecular weight excluding hydrogens is 571 g/mol. The van der Waals surface area contributed by atoms with Gasteiger partial charge in [-0.2, -0.15) is 0 Å². The van der Waals surface area contributed by atoms with Gasteiger partial charge in [-0.25, -0.2) is 0 Å². The minimum Gasteiger partial charge on any atom is -0.487 e. The Morgan fingerprint density at radius 2 is 0.704 bits per heavy atom. The first-order chi connectivity index (χ1) is 12.6. The summed E-state index contributed by atoms with van der Waals surface area (Å²) in [6.07, 6.45) is 0. The van der Waals surface area contributed by atoms with Gasteiger partial charge in [0.1, 0.15) is 45.2 Å². The van der Waals surface area contributed by atoms with Crippen LogP contribution in [0.1, 0.15) is 0 Å². The third-order valence-corrected chi connectivity index (χ3v) is 7.17. The quantitative estimate of drug-likeness (QED) is 0.195. The monoisotopic (exact) mass is 570 g/mol. The Balaban J connectivity index is 2.18. The van der Waals surface area contributed by atoms with Crippen LogP contribution in [0.3, 0.4) is 0 Å². The first-order valence-electron chi connectivity index (χ1n) is 6.54. The lowest BCUT2D eigenvalue weighted by atomic mass is 10.3. The van der Waals surface area contributed by atoms with Gasteiger partial charge < -0.3 is 13.8 Å². The molecule has 0 aromatic heterocycles. The second-order valence-corrected chi connectivity index (χ2v) is 8.14. The van der Waals surface area contributed by atoms with E-state index in [1.807, 2.05) is 0 Å². The fourth-order valence-corrected chi connectivity index (χ4v) is 4.12. The predicted molar refractivity (Wildman–Crippen MR) is 115 cm³/mol. The van der Waals surface area contributed by atoms with Crippen molar-refractivity contribution in [2.45, 2.75) is 0 Å². The highest BCUT2D eigenvalue weighted by Gasteiger charge is 2.24. The van der Waals surface area contributed by atoms with Crippen molar-refractivity contribution in [3.05, 3.63) is 45.2 Å². The zero-order valence-corrected chi connectivity index (χ0v) is 20.0. The second-order valence-electron chi connectivity index (χ2n) is 4.59. The Kier molecular flexibility index (Phi) is 9.04. The van der Waals surface area contributed by atoms with Crippen LogP contribution in [0.4, 0.5) is 0 Å². The molecule has 0 bridgehead atoms. The Bertz CT molecular complexity index is 858. The van der Waals surface area contributed by atoms with E-state index in [0.717, 1.165) is 0 Å². The minimum absolute atomic E-state index is 0.000729. The molecular formula is C14H4Cl10O3. The standard InChI is InChI=1S/C14H4Cl10O3/c15-3-4(16)8(20)12(9(21)5(3)17)25-1-2-26-13-10(22)6(18)7(19)11(23)14(13)27-24/h1-2H2.